The van der Waals surface area contributed by atoms with Gasteiger partial charge in [0.1, 0.15) is 6.54 Å². The highest BCUT2D eigenvalue weighted by Gasteiger charge is 2.17. The standard InChI is InChI=1S/C18H16ClN3O2/c19-16-6-2-1-4-14(16)12-22(18(23)11-21-24)15-8-7-13-5-3-9-20-17(13)10-15/h1-10,21,24H,11-12H2. The van der Waals surface area contributed by atoms with Crippen LogP contribution in [0.15, 0.2) is 60.8 Å². The van der Waals surface area contributed by atoms with Crippen molar-refractivity contribution in [3.05, 3.63) is 71.4 Å². The van der Waals surface area contributed by atoms with Gasteiger partial charge in [-0.1, -0.05) is 41.9 Å². The summed E-state index contributed by atoms with van der Waals surface area (Å²) in [5, 5.41) is 10.5. The van der Waals surface area contributed by atoms with Crippen LogP contribution in [0.25, 0.3) is 10.9 Å². The number of halogens is 1. The average Bonchev–Trinajstić information content (AvgIpc) is 2.61. The van der Waals surface area contributed by atoms with Gasteiger partial charge in [-0.2, -0.15) is 5.48 Å². The Bertz CT molecular complexity index is 870. The molecule has 0 saturated carbocycles. The van der Waals surface area contributed by atoms with Crippen LogP contribution in [0.3, 0.4) is 0 Å². The molecule has 0 saturated heterocycles. The first kappa shape index (κ1) is 16.4. The van der Waals surface area contributed by atoms with Crippen LogP contribution in [0.2, 0.25) is 5.02 Å². The summed E-state index contributed by atoms with van der Waals surface area (Å²) in [6.07, 6.45) is 1.71. The van der Waals surface area contributed by atoms with Gasteiger partial charge in [-0.05, 0) is 29.8 Å². The number of hydroxylamine groups is 1. The number of pyridine rings is 1. The smallest absolute Gasteiger partial charge is 0.243 e. The van der Waals surface area contributed by atoms with E-state index in [0.29, 0.717) is 17.3 Å². The van der Waals surface area contributed by atoms with Crippen molar-refractivity contribution in [1.29, 1.82) is 0 Å². The number of nitrogens with one attached hydrogen (secondary N) is 1. The summed E-state index contributed by atoms with van der Waals surface area (Å²) < 4.78 is 0. The van der Waals surface area contributed by atoms with Gasteiger partial charge in [0.15, 0.2) is 0 Å². The summed E-state index contributed by atoms with van der Waals surface area (Å²) in [6, 6.07) is 16.8. The van der Waals surface area contributed by atoms with Crippen LogP contribution in [0.1, 0.15) is 5.56 Å². The van der Waals surface area contributed by atoms with E-state index in [9.17, 15) is 4.79 Å². The summed E-state index contributed by atoms with van der Waals surface area (Å²) in [5.41, 5.74) is 4.23. The quantitative estimate of drug-likeness (QED) is 0.698. The minimum Gasteiger partial charge on any atom is -0.316 e. The van der Waals surface area contributed by atoms with Crippen LogP contribution in [0, 0.1) is 0 Å². The van der Waals surface area contributed by atoms with Crippen LogP contribution in [-0.2, 0) is 11.3 Å². The normalized spacial score (nSPS) is 10.8. The number of hydrogen-bond acceptors (Lipinski definition) is 4. The molecule has 0 aliphatic rings. The summed E-state index contributed by atoms with van der Waals surface area (Å²) in [7, 11) is 0. The zero-order valence-corrected chi connectivity index (χ0v) is 13.6. The minimum atomic E-state index is -0.271. The molecule has 0 bridgehead atoms. The Labute approximate surface area is 144 Å². The molecule has 122 valence electrons. The number of anilines is 1. The third kappa shape index (κ3) is 3.54. The fraction of sp³-hybridized carbons (Fsp3) is 0.111. The molecule has 0 atom stereocenters. The van der Waals surface area contributed by atoms with Gasteiger partial charge < -0.3 is 10.1 Å². The number of benzene rings is 2. The number of fused-ring (bicyclic) bond motifs is 1. The number of nitrogens with zero attached hydrogens (tertiary/aromatic N) is 2. The molecule has 24 heavy (non-hydrogen) atoms. The number of rotatable bonds is 5. The highest BCUT2D eigenvalue weighted by atomic mass is 35.5. The first-order valence-corrected chi connectivity index (χ1v) is 7.82. The Balaban J connectivity index is 1.99. The van der Waals surface area contributed by atoms with Crippen LogP contribution in [0.4, 0.5) is 5.69 Å². The van der Waals surface area contributed by atoms with Gasteiger partial charge in [0.05, 0.1) is 12.1 Å². The van der Waals surface area contributed by atoms with Crippen LogP contribution >= 0.6 is 11.6 Å². The molecule has 1 aromatic heterocycles. The molecule has 0 aliphatic heterocycles. The molecule has 1 heterocycles. The predicted octanol–water partition coefficient (Wildman–Crippen LogP) is 3.40. The number of amides is 1. The van der Waals surface area contributed by atoms with Gasteiger partial charge in [0, 0.05) is 22.3 Å². The van der Waals surface area contributed by atoms with Crippen molar-refractivity contribution in [1.82, 2.24) is 10.5 Å². The molecule has 2 N–H and O–H groups in total. The van der Waals surface area contributed by atoms with Crippen LogP contribution in [-0.4, -0.2) is 22.6 Å². The van der Waals surface area contributed by atoms with E-state index >= 15 is 0 Å². The summed E-state index contributed by atoms with van der Waals surface area (Å²) in [5.74, 6) is -0.271. The van der Waals surface area contributed by atoms with E-state index in [4.69, 9.17) is 16.8 Å². The van der Waals surface area contributed by atoms with Gasteiger partial charge in [0.25, 0.3) is 0 Å². The maximum absolute atomic E-state index is 12.4. The Hall–Kier alpha value is -2.47. The van der Waals surface area contributed by atoms with Gasteiger partial charge >= 0.3 is 0 Å². The van der Waals surface area contributed by atoms with E-state index in [1.807, 2.05) is 54.0 Å². The van der Waals surface area contributed by atoms with E-state index in [2.05, 4.69) is 4.98 Å². The first-order chi connectivity index (χ1) is 11.7. The van der Waals surface area contributed by atoms with E-state index in [1.54, 1.807) is 17.2 Å². The number of hydrogen-bond donors (Lipinski definition) is 2. The highest BCUT2D eigenvalue weighted by Crippen LogP contribution is 2.24. The molecule has 3 aromatic rings. The second-order valence-corrected chi connectivity index (χ2v) is 5.69. The molecule has 0 aliphatic carbocycles. The molecule has 6 heteroatoms. The Morgan fingerprint density at radius 2 is 2.00 bits per heavy atom. The summed E-state index contributed by atoms with van der Waals surface area (Å²) >= 11 is 6.22. The predicted molar refractivity (Wildman–Crippen MR) is 94.2 cm³/mol. The lowest BCUT2D eigenvalue weighted by Gasteiger charge is -2.23. The fourth-order valence-corrected chi connectivity index (χ4v) is 2.70. The highest BCUT2D eigenvalue weighted by molar-refractivity contribution is 6.31. The van der Waals surface area contributed by atoms with E-state index in [1.165, 1.54) is 0 Å². The molecule has 0 spiro atoms. The Morgan fingerprint density at radius 3 is 2.79 bits per heavy atom. The van der Waals surface area contributed by atoms with Crippen molar-refractivity contribution < 1.29 is 10.0 Å². The average molecular weight is 342 g/mol. The maximum Gasteiger partial charge on any atom is 0.243 e. The van der Waals surface area contributed by atoms with Gasteiger partial charge in [-0.25, -0.2) is 0 Å². The number of aromatic nitrogens is 1. The van der Waals surface area contributed by atoms with Crippen molar-refractivity contribution in [3.63, 3.8) is 0 Å². The zero-order chi connectivity index (χ0) is 16.9. The lowest BCUT2D eigenvalue weighted by molar-refractivity contribution is -0.119. The maximum atomic E-state index is 12.4. The monoisotopic (exact) mass is 341 g/mol. The fourth-order valence-electron chi connectivity index (χ4n) is 2.51. The molecule has 1 amide bonds. The minimum absolute atomic E-state index is 0.190. The molecule has 0 unspecified atom stereocenters. The lowest BCUT2D eigenvalue weighted by Crippen LogP contribution is -2.37. The second-order valence-electron chi connectivity index (χ2n) is 5.29. The topological polar surface area (TPSA) is 65.5 Å². The van der Waals surface area contributed by atoms with Crippen molar-refractivity contribution in [3.8, 4) is 0 Å². The van der Waals surface area contributed by atoms with E-state index in [0.717, 1.165) is 16.5 Å². The Morgan fingerprint density at radius 1 is 1.17 bits per heavy atom. The van der Waals surface area contributed by atoms with Gasteiger partial charge in [-0.15, -0.1) is 0 Å². The Kier molecular flexibility index (Phi) is 5.05. The second kappa shape index (κ2) is 7.40. The molecule has 5 nitrogen and oxygen atoms in total. The van der Waals surface area contributed by atoms with Crippen molar-refractivity contribution in [2.45, 2.75) is 6.54 Å². The lowest BCUT2D eigenvalue weighted by atomic mass is 10.1. The van der Waals surface area contributed by atoms with E-state index in [-0.39, 0.29) is 12.5 Å². The van der Waals surface area contributed by atoms with Crippen molar-refractivity contribution in [2.75, 3.05) is 11.4 Å². The number of carbonyl (C=O) groups is 1. The molecule has 3 rings (SSSR count). The molecule has 0 radical (unpaired) electrons. The molecular formula is C18H16ClN3O2. The van der Waals surface area contributed by atoms with Crippen molar-refractivity contribution in [2.24, 2.45) is 0 Å². The van der Waals surface area contributed by atoms with Crippen LogP contribution < -0.4 is 10.4 Å². The van der Waals surface area contributed by atoms with Gasteiger partial charge in [0.2, 0.25) is 5.91 Å². The van der Waals surface area contributed by atoms with Crippen molar-refractivity contribution >= 4 is 34.1 Å². The van der Waals surface area contributed by atoms with Gasteiger partial charge in [-0.3, -0.25) is 9.78 Å². The molecular weight excluding hydrogens is 326 g/mol. The SMILES string of the molecule is O=C(CNO)N(Cc1ccccc1Cl)c1ccc2cccnc2c1. The van der Waals surface area contributed by atoms with Crippen LogP contribution in [0.5, 0.6) is 0 Å². The summed E-state index contributed by atoms with van der Waals surface area (Å²) in [4.78, 5) is 18.3. The largest absolute Gasteiger partial charge is 0.316 e. The number of carbonyl (C=O) groups excluding carboxylic acids is 1. The third-order valence-electron chi connectivity index (χ3n) is 3.72. The first-order valence-electron chi connectivity index (χ1n) is 7.44. The molecule has 0 fully saturated rings. The van der Waals surface area contributed by atoms with E-state index < -0.39 is 0 Å². The molecule has 2 aromatic carbocycles. The zero-order valence-electron chi connectivity index (χ0n) is 12.8. The third-order valence-corrected chi connectivity index (χ3v) is 4.09. The summed E-state index contributed by atoms with van der Waals surface area (Å²) in [6.45, 7) is 0.114.